The minimum absolute atomic E-state index is 0.0371. The van der Waals surface area contributed by atoms with Crippen LogP contribution in [0.3, 0.4) is 0 Å². The lowest BCUT2D eigenvalue weighted by Gasteiger charge is -2.41. The van der Waals surface area contributed by atoms with E-state index >= 15 is 0 Å². The van der Waals surface area contributed by atoms with Crippen LogP contribution in [0.4, 0.5) is 0 Å². The Morgan fingerprint density at radius 1 is 1.14 bits per heavy atom. The van der Waals surface area contributed by atoms with Gasteiger partial charge < -0.3 is 28.8 Å². The van der Waals surface area contributed by atoms with Crippen LogP contribution in [0, 0.1) is 0 Å². The number of nitrogens with zero attached hydrogens (tertiary/aromatic N) is 1. The molecule has 1 N–H and O–H groups in total. The number of hydrogen-bond acceptors (Lipinski definition) is 7. The molecule has 2 aromatic carbocycles. The van der Waals surface area contributed by atoms with E-state index in [1.54, 1.807) is 20.3 Å². The van der Waals surface area contributed by atoms with Crippen LogP contribution in [0.2, 0.25) is 0 Å². The summed E-state index contributed by atoms with van der Waals surface area (Å²) < 4.78 is 28.7. The van der Waals surface area contributed by atoms with E-state index in [9.17, 15) is 5.11 Å². The lowest BCUT2D eigenvalue weighted by Crippen LogP contribution is -2.35. The maximum Gasteiger partial charge on any atom is 0.231 e. The van der Waals surface area contributed by atoms with E-state index in [0.29, 0.717) is 17.2 Å². The molecule has 5 rings (SSSR count). The molecular weight excluding hydrogens is 362 g/mol. The third-order valence-electron chi connectivity index (χ3n) is 5.89. The second kappa shape index (κ2) is 6.55. The largest absolute Gasteiger partial charge is 0.504 e. The Morgan fingerprint density at radius 3 is 2.79 bits per heavy atom. The van der Waals surface area contributed by atoms with Crippen molar-refractivity contribution in [2.75, 3.05) is 34.6 Å². The van der Waals surface area contributed by atoms with Gasteiger partial charge in [0.1, 0.15) is 6.10 Å². The van der Waals surface area contributed by atoms with Crippen molar-refractivity contribution >= 4 is 0 Å². The van der Waals surface area contributed by atoms with Crippen LogP contribution in [0.5, 0.6) is 23.0 Å². The monoisotopic (exact) mass is 385 g/mol. The summed E-state index contributed by atoms with van der Waals surface area (Å²) in [6.07, 6.45) is -0.0512. The summed E-state index contributed by atoms with van der Waals surface area (Å²) in [5.74, 6) is 1.99. The maximum atomic E-state index is 10.4. The summed E-state index contributed by atoms with van der Waals surface area (Å²) in [7, 11) is 5.27. The van der Waals surface area contributed by atoms with E-state index in [4.69, 9.17) is 23.7 Å². The normalized spacial score (nSPS) is 25.5. The number of fused-ring (bicyclic) bond motifs is 7. The molecule has 3 aliphatic rings. The molecule has 0 saturated heterocycles. The van der Waals surface area contributed by atoms with Crippen LogP contribution >= 0.6 is 0 Å². The molecule has 3 atom stereocenters. The van der Waals surface area contributed by atoms with Crippen LogP contribution in [-0.2, 0) is 15.9 Å². The van der Waals surface area contributed by atoms with Gasteiger partial charge in [0, 0.05) is 13.7 Å². The van der Waals surface area contributed by atoms with Gasteiger partial charge in [-0.1, -0.05) is 6.07 Å². The molecule has 0 aliphatic carbocycles. The highest BCUT2D eigenvalue weighted by molar-refractivity contribution is 5.56. The van der Waals surface area contributed by atoms with Gasteiger partial charge in [-0.3, -0.25) is 4.90 Å². The number of likely N-dealkylation sites (N-methyl/N-ethyl adjacent to an activating group) is 1. The van der Waals surface area contributed by atoms with Crippen LogP contribution in [0.25, 0.3) is 0 Å². The molecule has 7 heteroatoms. The van der Waals surface area contributed by atoms with Crippen LogP contribution < -0.4 is 14.2 Å². The molecule has 148 valence electrons. The number of ether oxygens (including phenoxy) is 5. The number of phenols is 1. The molecule has 2 aromatic rings. The van der Waals surface area contributed by atoms with Crippen LogP contribution in [0.1, 0.15) is 40.7 Å². The van der Waals surface area contributed by atoms with Gasteiger partial charge in [-0.2, -0.15) is 0 Å². The fraction of sp³-hybridized carbons (Fsp3) is 0.429. The SMILES string of the molecule is COc1cc2c(cc1O)[C@H]1O[C@H](OC)c3c(ccc4c3OCO4)[C@H]1N(C)CC2. The van der Waals surface area contributed by atoms with Gasteiger partial charge >= 0.3 is 0 Å². The molecule has 0 saturated carbocycles. The fourth-order valence-electron chi connectivity index (χ4n) is 4.54. The second-order valence-corrected chi connectivity index (χ2v) is 7.32. The first-order valence-corrected chi connectivity index (χ1v) is 9.33. The van der Waals surface area contributed by atoms with E-state index in [1.807, 2.05) is 12.1 Å². The average molecular weight is 385 g/mol. The molecule has 0 fully saturated rings. The lowest BCUT2D eigenvalue weighted by molar-refractivity contribution is -0.190. The minimum atomic E-state index is -0.587. The topological polar surface area (TPSA) is 69.6 Å². The molecule has 0 unspecified atom stereocenters. The molecule has 0 spiro atoms. The van der Waals surface area contributed by atoms with E-state index in [0.717, 1.165) is 35.2 Å². The third kappa shape index (κ3) is 2.47. The molecule has 0 amide bonds. The van der Waals surface area contributed by atoms with Gasteiger partial charge in [-0.25, -0.2) is 0 Å². The highest BCUT2D eigenvalue weighted by Crippen LogP contribution is 2.54. The van der Waals surface area contributed by atoms with E-state index < -0.39 is 6.29 Å². The Balaban J connectivity index is 1.69. The zero-order chi connectivity index (χ0) is 19.4. The Labute approximate surface area is 163 Å². The lowest BCUT2D eigenvalue weighted by atomic mass is 9.87. The first kappa shape index (κ1) is 17.6. The Morgan fingerprint density at radius 2 is 2.00 bits per heavy atom. The summed E-state index contributed by atoms with van der Waals surface area (Å²) >= 11 is 0. The van der Waals surface area contributed by atoms with Crippen molar-refractivity contribution in [2.45, 2.75) is 24.9 Å². The number of phenolic OH excluding ortho intramolecular Hbond substituents is 1. The molecule has 0 aromatic heterocycles. The Bertz CT molecular complexity index is 930. The zero-order valence-corrected chi connectivity index (χ0v) is 16.1. The minimum Gasteiger partial charge on any atom is -0.504 e. The van der Waals surface area contributed by atoms with Crippen molar-refractivity contribution in [3.05, 3.63) is 46.5 Å². The van der Waals surface area contributed by atoms with Crippen molar-refractivity contribution in [2.24, 2.45) is 0 Å². The zero-order valence-electron chi connectivity index (χ0n) is 16.1. The van der Waals surface area contributed by atoms with Crippen LogP contribution in [-0.4, -0.2) is 44.6 Å². The predicted molar refractivity (Wildman–Crippen MR) is 99.9 cm³/mol. The van der Waals surface area contributed by atoms with E-state index in [1.165, 1.54) is 0 Å². The number of methoxy groups -OCH3 is 2. The van der Waals surface area contributed by atoms with Gasteiger partial charge in [0.2, 0.25) is 6.79 Å². The number of aromatic hydroxyl groups is 1. The Hall–Kier alpha value is -2.48. The quantitative estimate of drug-likeness (QED) is 0.852. The molecular formula is C21H23NO6. The van der Waals surface area contributed by atoms with Crippen molar-refractivity contribution in [1.82, 2.24) is 4.90 Å². The summed E-state index contributed by atoms with van der Waals surface area (Å²) in [6, 6.07) is 7.64. The van der Waals surface area contributed by atoms with E-state index in [2.05, 4.69) is 18.0 Å². The number of rotatable bonds is 2. The first-order chi connectivity index (χ1) is 13.6. The smallest absolute Gasteiger partial charge is 0.231 e. The van der Waals surface area contributed by atoms with Crippen molar-refractivity contribution in [1.29, 1.82) is 0 Å². The highest BCUT2D eigenvalue weighted by atomic mass is 16.7. The van der Waals surface area contributed by atoms with Gasteiger partial charge in [0.15, 0.2) is 29.3 Å². The molecule has 7 nitrogen and oxygen atoms in total. The van der Waals surface area contributed by atoms with Crippen molar-refractivity contribution in [3.8, 4) is 23.0 Å². The predicted octanol–water partition coefficient (Wildman–Crippen LogP) is 3.08. The fourth-order valence-corrected chi connectivity index (χ4v) is 4.54. The molecule has 0 bridgehead atoms. The van der Waals surface area contributed by atoms with Crippen LogP contribution in [0.15, 0.2) is 24.3 Å². The molecule has 3 aliphatic heterocycles. The van der Waals surface area contributed by atoms with Crippen molar-refractivity contribution < 1.29 is 28.8 Å². The molecule has 28 heavy (non-hydrogen) atoms. The molecule has 0 radical (unpaired) electrons. The van der Waals surface area contributed by atoms with Crippen molar-refractivity contribution in [3.63, 3.8) is 0 Å². The number of benzene rings is 2. The average Bonchev–Trinajstić information content (AvgIpc) is 3.15. The van der Waals surface area contributed by atoms with E-state index in [-0.39, 0.29) is 24.7 Å². The van der Waals surface area contributed by atoms with Gasteiger partial charge in [-0.05, 0) is 48.4 Å². The third-order valence-corrected chi connectivity index (χ3v) is 5.89. The van der Waals surface area contributed by atoms with Gasteiger partial charge in [0.05, 0.1) is 18.7 Å². The highest BCUT2D eigenvalue weighted by Gasteiger charge is 2.44. The number of hydrogen-bond donors (Lipinski definition) is 1. The molecule has 3 heterocycles. The van der Waals surface area contributed by atoms with Gasteiger partial charge in [-0.15, -0.1) is 0 Å². The standard InChI is InChI=1S/C21H23NO6/c1-22-7-6-11-8-16(24-2)14(23)9-13(11)19-18(22)12-4-5-15-20(27-10-26-15)17(12)21(25-3)28-19/h4-5,8-9,18-19,21,23H,6-7,10H2,1-3H3/t18-,19-,21+/m1/s1. The second-order valence-electron chi connectivity index (χ2n) is 7.32. The first-order valence-electron chi connectivity index (χ1n) is 9.33. The summed E-state index contributed by atoms with van der Waals surface area (Å²) in [5.41, 5.74) is 4.04. The van der Waals surface area contributed by atoms with Gasteiger partial charge in [0.25, 0.3) is 0 Å². The summed E-state index contributed by atoms with van der Waals surface area (Å²) in [6.45, 7) is 1.04. The Kier molecular flexibility index (Phi) is 4.12. The summed E-state index contributed by atoms with van der Waals surface area (Å²) in [4.78, 5) is 2.28. The maximum absolute atomic E-state index is 10.4. The summed E-state index contributed by atoms with van der Waals surface area (Å²) in [5, 5.41) is 10.4.